The molecule has 0 fully saturated rings. The van der Waals surface area contributed by atoms with Crippen LogP contribution in [0.2, 0.25) is 0 Å². The third-order valence-corrected chi connectivity index (χ3v) is 4.49. The van der Waals surface area contributed by atoms with Crippen molar-refractivity contribution in [3.05, 3.63) is 56.4 Å². The van der Waals surface area contributed by atoms with Gasteiger partial charge in [0.05, 0.1) is 6.54 Å². The molecule has 0 radical (unpaired) electrons. The van der Waals surface area contributed by atoms with E-state index in [-0.39, 0.29) is 18.3 Å². The van der Waals surface area contributed by atoms with Crippen LogP contribution in [-0.4, -0.2) is 17.4 Å². The molecule has 0 saturated carbocycles. The number of carbonyl (C=O) groups excluding carboxylic acids is 1. The van der Waals surface area contributed by atoms with Crippen LogP contribution in [-0.2, 0) is 6.54 Å². The molecule has 20 heavy (non-hydrogen) atoms. The van der Waals surface area contributed by atoms with E-state index in [1.807, 2.05) is 11.4 Å². The first-order valence-electron chi connectivity index (χ1n) is 5.82. The lowest BCUT2D eigenvalue weighted by atomic mass is 10.2. The molecule has 0 atom stereocenters. The predicted molar refractivity (Wildman–Crippen MR) is 82.0 cm³/mol. The molecule has 1 aromatic heterocycles. The van der Waals surface area contributed by atoms with E-state index in [1.165, 1.54) is 23.5 Å². The largest absolute Gasteiger partial charge is 0.322 e. The molecule has 0 unspecified atom stereocenters. The van der Waals surface area contributed by atoms with Gasteiger partial charge in [-0.25, -0.2) is 4.39 Å². The molecule has 2 aromatic rings. The van der Waals surface area contributed by atoms with Crippen molar-refractivity contribution in [3.63, 3.8) is 0 Å². The lowest BCUT2D eigenvalue weighted by molar-refractivity contribution is 0.0770. The molecule has 1 aromatic carbocycles. The van der Waals surface area contributed by atoms with Gasteiger partial charge in [0.2, 0.25) is 0 Å². The van der Waals surface area contributed by atoms with Crippen molar-refractivity contribution >= 4 is 33.2 Å². The van der Waals surface area contributed by atoms with Crippen molar-refractivity contribution in [2.45, 2.75) is 6.54 Å². The average Bonchev–Trinajstić information content (AvgIpc) is 2.86. The van der Waals surface area contributed by atoms with Crippen molar-refractivity contribution in [1.29, 1.82) is 0 Å². The fraction of sp³-hybridized carbons (Fsp3) is 0.133. The van der Waals surface area contributed by atoms with Crippen LogP contribution in [0.4, 0.5) is 4.39 Å². The molecule has 0 aliphatic rings. The monoisotopic (exact) mass is 351 g/mol. The molecule has 0 aliphatic carbocycles. The van der Waals surface area contributed by atoms with Crippen LogP contribution in [0.15, 0.2) is 40.2 Å². The first kappa shape index (κ1) is 14.8. The topological polar surface area (TPSA) is 20.3 Å². The van der Waals surface area contributed by atoms with Crippen LogP contribution in [0.5, 0.6) is 0 Å². The van der Waals surface area contributed by atoms with E-state index in [2.05, 4.69) is 21.9 Å². The second-order valence-electron chi connectivity index (χ2n) is 4.09. The van der Waals surface area contributed by atoms with Gasteiger partial charge in [0, 0.05) is 11.0 Å². The van der Waals surface area contributed by atoms with Crippen molar-refractivity contribution in [3.8, 4) is 12.3 Å². The lowest BCUT2D eigenvalue weighted by Crippen LogP contribution is -2.30. The molecule has 0 N–H and O–H groups in total. The minimum Gasteiger partial charge on any atom is -0.322 e. The van der Waals surface area contributed by atoms with E-state index in [0.29, 0.717) is 11.4 Å². The van der Waals surface area contributed by atoms with Crippen molar-refractivity contribution < 1.29 is 9.18 Å². The highest BCUT2D eigenvalue weighted by atomic mass is 79.9. The van der Waals surface area contributed by atoms with Gasteiger partial charge >= 0.3 is 0 Å². The smallest absolute Gasteiger partial charge is 0.266 e. The number of rotatable bonds is 4. The maximum Gasteiger partial charge on any atom is 0.266 e. The number of halogens is 2. The quantitative estimate of drug-likeness (QED) is 0.764. The Labute approximate surface area is 129 Å². The summed E-state index contributed by atoms with van der Waals surface area (Å²) in [6.45, 7) is 0.564. The number of carbonyl (C=O) groups is 1. The van der Waals surface area contributed by atoms with Gasteiger partial charge in [-0.15, -0.1) is 17.8 Å². The van der Waals surface area contributed by atoms with E-state index < -0.39 is 0 Å². The number of nitrogens with zero attached hydrogens (tertiary/aromatic N) is 1. The second kappa shape index (κ2) is 6.69. The van der Waals surface area contributed by atoms with E-state index in [1.54, 1.807) is 17.0 Å². The van der Waals surface area contributed by atoms with E-state index >= 15 is 0 Å². The number of hydrogen-bond acceptors (Lipinski definition) is 2. The Hall–Kier alpha value is -1.64. The number of amides is 1. The van der Waals surface area contributed by atoms with E-state index in [9.17, 15) is 9.18 Å². The standard InChI is InChI=1S/C15H11BrFNOS/c1-2-8-18(10-11-3-5-12(17)6-4-11)15(19)14-13(16)7-9-20-14/h1,3-7,9H,8,10H2. The van der Waals surface area contributed by atoms with Gasteiger partial charge in [-0.1, -0.05) is 18.1 Å². The van der Waals surface area contributed by atoms with Crippen LogP contribution in [0.25, 0.3) is 0 Å². The molecule has 102 valence electrons. The zero-order chi connectivity index (χ0) is 14.5. The summed E-state index contributed by atoms with van der Waals surface area (Å²) in [5.74, 6) is 2.05. The SMILES string of the molecule is C#CCN(Cc1ccc(F)cc1)C(=O)c1sccc1Br. The number of hydrogen-bond donors (Lipinski definition) is 0. The zero-order valence-corrected chi connectivity index (χ0v) is 12.9. The Balaban J connectivity index is 2.19. The molecule has 0 saturated heterocycles. The third-order valence-electron chi connectivity index (χ3n) is 2.67. The minimum absolute atomic E-state index is 0.130. The van der Waals surface area contributed by atoms with Crippen molar-refractivity contribution in [2.75, 3.05) is 6.54 Å². The van der Waals surface area contributed by atoms with Gasteiger partial charge in [0.1, 0.15) is 10.7 Å². The first-order valence-corrected chi connectivity index (χ1v) is 7.49. The van der Waals surface area contributed by atoms with Crippen LogP contribution < -0.4 is 0 Å². The van der Waals surface area contributed by atoms with Crippen LogP contribution in [0.1, 0.15) is 15.2 Å². The fourth-order valence-corrected chi connectivity index (χ4v) is 3.22. The zero-order valence-electron chi connectivity index (χ0n) is 10.5. The molecule has 2 nitrogen and oxygen atoms in total. The molecule has 1 amide bonds. The lowest BCUT2D eigenvalue weighted by Gasteiger charge is -2.20. The van der Waals surface area contributed by atoms with E-state index in [4.69, 9.17) is 6.42 Å². The predicted octanol–water partition coefficient (Wildman–Crippen LogP) is 3.93. The van der Waals surface area contributed by atoms with Gasteiger partial charge in [-0.05, 0) is 45.1 Å². The van der Waals surface area contributed by atoms with Crippen LogP contribution >= 0.6 is 27.3 Å². The van der Waals surface area contributed by atoms with E-state index in [0.717, 1.165) is 10.0 Å². The second-order valence-corrected chi connectivity index (χ2v) is 5.86. The number of terminal acetylenes is 1. The Morgan fingerprint density at radius 2 is 2.05 bits per heavy atom. The summed E-state index contributed by atoms with van der Waals surface area (Å²) in [7, 11) is 0. The average molecular weight is 352 g/mol. The van der Waals surface area contributed by atoms with Crippen molar-refractivity contribution in [2.24, 2.45) is 0 Å². The molecule has 1 heterocycles. The third kappa shape index (κ3) is 3.47. The molecular formula is C15H11BrFNOS. The minimum atomic E-state index is -0.301. The molecule has 0 bridgehead atoms. The summed E-state index contributed by atoms with van der Waals surface area (Å²) in [4.78, 5) is 14.6. The van der Waals surface area contributed by atoms with Gasteiger partial charge < -0.3 is 4.90 Å². The maximum absolute atomic E-state index is 12.9. The van der Waals surface area contributed by atoms with Crippen LogP contribution in [0.3, 0.4) is 0 Å². The first-order chi connectivity index (χ1) is 9.61. The fourth-order valence-electron chi connectivity index (χ4n) is 1.71. The summed E-state index contributed by atoms with van der Waals surface area (Å²) >= 11 is 4.70. The number of thiophene rings is 1. The van der Waals surface area contributed by atoms with Gasteiger partial charge in [0.15, 0.2) is 0 Å². The Kier molecular flexibility index (Phi) is 4.94. The highest BCUT2D eigenvalue weighted by Gasteiger charge is 2.19. The van der Waals surface area contributed by atoms with Gasteiger partial charge in [-0.2, -0.15) is 0 Å². The Bertz CT molecular complexity index is 645. The summed E-state index contributed by atoms with van der Waals surface area (Å²) in [5, 5.41) is 1.84. The van der Waals surface area contributed by atoms with Gasteiger partial charge in [0.25, 0.3) is 5.91 Å². The summed E-state index contributed by atoms with van der Waals surface area (Å²) < 4.78 is 13.6. The number of benzene rings is 1. The highest BCUT2D eigenvalue weighted by Crippen LogP contribution is 2.24. The van der Waals surface area contributed by atoms with Crippen LogP contribution in [0, 0.1) is 18.2 Å². The normalized spacial score (nSPS) is 10.1. The molecular weight excluding hydrogens is 341 g/mol. The maximum atomic E-state index is 12.9. The highest BCUT2D eigenvalue weighted by molar-refractivity contribution is 9.10. The summed E-state index contributed by atoms with van der Waals surface area (Å²) in [6, 6.07) is 7.86. The van der Waals surface area contributed by atoms with Crippen molar-refractivity contribution in [1.82, 2.24) is 4.90 Å². The molecule has 5 heteroatoms. The Morgan fingerprint density at radius 3 is 2.60 bits per heavy atom. The molecule has 0 spiro atoms. The molecule has 2 rings (SSSR count). The Morgan fingerprint density at radius 1 is 1.35 bits per heavy atom. The summed E-state index contributed by atoms with van der Waals surface area (Å²) in [5.41, 5.74) is 0.836. The summed E-state index contributed by atoms with van der Waals surface area (Å²) in [6.07, 6.45) is 5.32. The van der Waals surface area contributed by atoms with Gasteiger partial charge in [-0.3, -0.25) is 4.79 Å². The molecule has 0 aliphatic heterocycles.